The number of para-hydroxylation sites is 2. The van der Waals surface area contributed by atoms with E-state index in [1.807, 2.05) is 35.8 Å². The summed E-state index contributed by atoms with van der Waals surface area (Å²) in [6.45, 7) is 5.75. The van der Waals surface area contributed by atoms with E-state index >= 15 is 0 Å². The molecule has 0 bridgehead atoms. The molecule has 21 heavy (non-hydrogen) atoms. The minimum absolute atomic E-state index is 0.239. The molecule has 0 saturated heterocycles. The molecule has 0 radical (unpaired) electrons. The number of rotatable bonds is 7. The highest BCUT2D eigenvalue weighted by molar-refractivity contribution is 5.94. The summed E-state index contributed by atoms with van der Waals surface area (Å²) in [5.41, 5.74) is 7.45. The molecule has 2 aromatic rings. The number of carbonyl (C=O) groups excluding carboxylic acids is 1. The Balaban J connectivity index is 2.23. The van der Waals surface area contributed by atoms with Crippen LogP contribution < -0.4 is 11.1 Å². The number of imidazole rings is 1. The van der Waals surface area contributed by atoms with E-state index in [1.54, 1.807) is 6.92 Å². The van der Waals surface area contributed by atoms with Gasteiger partial charge in [0.1, 0.15) is 0 Å². The fourth-order valence-electron chi connectivity index (χ4n) is 2.09. The van der Waals surface area contributed by atoms with E-state index in [-0.39, 0.29) is 5.91 Å². The Morgan fingerprint density at radius 1 is 1.48 bits per heavy atom. The van der Waals surface area contributed by atoms with Crippen LogP contribution >= 0.6 is 0 Å². The monoisotopic (exact) mass is 290 g/mol. The molecule has 3 N–H and O–H groups in total. The minimum atomic E-state index is -0.568. The lowest BCUT2D eigenvalue weighted by atomic mass is 10.3. The van der Waals surface area contributed by atoms with Crippen LogP contribution in [0.25, 0.3) is 11.0 Å². The molecule has 0 aliphatic carbocycles. The van der Waals surface area contributed by atoms with Crippen LogP contribution in [0.15, 0.2) is 24.3 Å². The van der Waals surface area contributed by atoms with Gasteiger partial charge in [0, 0.05) is 19.8 Å². The third kappa shape index (κ3) is 3.80. The summed E-state index contributed by atoms with van der Waals surface area (Å²) in [6.07, 6.45) is 0.856. The fraction of sp³-hybridized carbons (Fsp3) is 0.467. The van der Waals surface area contributed by atoms with Crippen molar-refractivity contribution in [3.05, 3.63) is 24.3 Å². The van der Waals surface area contributed by atoms with E-state index in [9.17, 15) is 4.79 Å². The Hall–Kier alpha value is -1.92. The Morgan fingerprint density at radius 2 is 2.24 bits per heavy atom. The average Bonchev–Trinajstić information content (AvgIpc) is 2.81. The maximum Gasteiger partial charge on any atom is 0.243 e. The van der Waals surface area contributed by atoms with Crippen molar-refractivity contribution in [3.8, 4) is 0 Å². The van der Waals surface area contributed by atoms with Crippen molar-refractivity contribution < 1.29 is 9.53 Å². The van der Waals surface area contributed by atoms with Gasteiger partial charge >= 0.3 is 0 Å². The number of hydrogen-bond acceptors (Lipinski definition) is 4. The second-order valence-electron chi connectivity index (χ2n) is 4.90. The van der Waals surface area contributed by atoms with Gasteiger partial charge in [-0.05, 0) is 32.4 Å². The number of anilines is 1. The third-order valence-corrected chi connectivity index (χ3v) is 3.18. The molecule has 0 aliphatic heterocycles. The van der Waals surface area contributed by atoms with Gasteiger partial charge in [-0.25, -0.2) is 4.98 Å². The topological polar surface area (TPSA) is 82.2 Å². The third-order valence-electron chi connectivity index (χ3n) is 3.18. The van der Waals surface area contributed by atoms with Crippen LogP contribution in [0.1, 0.15) is 20.3 Å². The van der Waals surface area contributed by atoms with Crippen molar-refractivity contribution in [1.82, 2.24) is 9.55 Å². The average molecular weight is 290 g/mol. The van der Waals surface area contributed by atoms with Gasteiger partial charge in [0.25, 0.3) is 0 Å². The first-order chi connectivity index (χ1) is 10.1. The summed E-state index contributed by atoms with van der Waals surface area (Å²) in [7, 11) is 0. The van der Waals surface area contributed by atoms with Crippen LogP contribution in [0.5, 0.6) is 0 Å². The standard InChI is InChI=1S/C15H22N4O2/c1-3-21-10-6-9-19-13-8-5-4-7-12(13)17-15(19)18-14(20)11(2)16/h4-5,7-8,11H,3,6,9-10,16H2,1-2H3,(H,17,18,20)/t11-/m0/s1. The number of carbonyl (C=O) groups is 1. The van der Waals surface area contributed by atoms with Gasteiger partial charge in [0.05, 0.1) is 17.1 Å². The van der Waals surface area contributed by atoms with Gasteiger partial charge in [-0.1, -0.05) is 12.1 Å². The summed E-state index contributed by atoms with van der Waals surface area (Å²) in [4.78, 5) is 16.3. The zero-order valence-corrected chi connectivity index (χ0v) is 12.5. The Morgan fingerprint density at radius 3 is 2.95 bits per heavy atom. The summed E-state index contributed by atoms with van der Waals surface area (Å²) < 4.78 is 7.36. The van der Waals surface area contributed by atoms with Crippen molar-refractivity contribution in [2.45, 2.75) is 32.9 Å². The van der Waals surface area contributed by atoms with E-state index < -0.39 is 6.04 Å². The van der Waals surface area contributed by atoms with Crippen LogP contribution in [0, 0.1) is 0 Å². The summed E-state index contributed by atoms with van der Waals surface area (Å²) in [5, 5.41) is 2.79. The largest absolute Gasteiger partial charge is 0.382 e. The predicted octanol–water partition coefficient (Wildman–Crippen LogP) is 1.75. The van der Waals surface area contributed by atoms with Crippen LogP contribution in [0.4, 0.5) is 5.95 Å². The molecule has 0 spiro atoms. The molecule has 2 rings (SSSR count). The molecule has 0 aliphatic rings. The summed E-state index contributed by atoms with van der Waals surface area (Å²) >= 11 is 0. The molecule has 1 amide bonds. The Bertz CT molecular complexity index is 607. The van der Waals surface area contributed by atoms with Gasteiger partial charge in [-0.3, -0.25) is 10.1 Å². The van der Waals surface area contributed by atoms with Gasteiger partial charge in [-0.2, -0.15) is 0 Å². The highest BCUT2D eigenvalue weighted by atomic mass is 16.5. The molecule has 1 heterocycles. The van der Waals surface area contributed by atoms with E-state index in [4.69, 9.17) is 10.5 Å². The quantitative estimate of drug-likeness (QED) is 0.761. The lowest BCUT2D eigenvalue weighted by Gasteiger charge is -2.11. The molecule has 6 nitrogen and oxygen atoms in total. The van der Waals surface area contributed by atoms with Crippen molar-refractivity contribution in [3.63, 3.8) is 0 Å². The predicted molar refractivity (Wildman–Crippen MR) is 83.1 cm³/mol. The molecular formula is C15H22N4O2. The van der Waals surface area contributed by atoms with Crippen molar-refractivity contribution in [2.75, 3.05) is 18.5 Å². The van der Waals surface area contributed by atoms with E-state index in [1.165, 1.54) is 0 Å². The van der Waals surface area contributed by atoms with Crippen LogP contribution in [-0.4, -0.2) is 34.7 Å². The number of benzene rings is 1. The fourth-order valence-corrected chi connectivity index (χ4v) is 2.09. The van der Waals surface area contributed by atoms with Gasteiger partial charge in [0.15, 0.2) is 0 Å². The number of ether oxygens (including phenoxy) is 1. The van der Waals surface area contributed by atoms with Crippen molar-refractivity contribution in [1.29, 1.82) is 0 Å². The number of nitrogens with zero attached hydrogens (tertiary/aromatic N) is 2. The van der Waals surface area contributed by atoms with Crippen molar-refractivity contribution in [2.24, 2.45) is 5.73 Å². The van der Waals surface area contributed by atoms with E-state index in [0.29, 0.717) is 19.2 Å². The number of aromatic nitrogens is 2. The molecule has 1 aromatic heterocycles. The number of nitrogens with one attached hydrogen (secondary N) is 1. The molecule has 0 fully saturated rings. The van der Waals surface area contributed by atoms with Gasteiger partial charge in [0.2, 0.25) is 11.9 Å². The second kappa shape index (κ2) is 7.19. The first kappa shape index (κ1) is 15.5. The molecule has 6 heteroatoms. The lowest BCUT2D eigenvalue weighted by molar-refractivity contribution is -0.117. The molecule has 1 atom stereocenters. The minimum Gasteiger partial charge on any atom is -0.382 e. The number of nitrogens with two attached hydrogens (primary N) is 1. The number of aryl methyl sites for hydroxylation is 1. The zero-order valence-electron chi connectivity index (χ0n) is 12.5. The maximum atomic E-state index is 11.8. The van der Waals surface area contributed by atoms with Crippen LogP contribution in [0.2, 0.25) is 0 Å². The summed E-state index contributed by atoms with van der Waals surface area (Å²) in [5.74, 6) is 0.298. The first-order valence-corrected chi connectivity index (χ1v) is 7.23. The Labute approximate surface area is 124 Å². The highest BCUT2D eigenvalue weighted by Gasteiger charge is 2.14. The number of hydrogen-bond donors (Lipinski definition) is 2. The molecule has 1 aromatic carbocycles. The van der Waals surface area contributed by atoms with Gasteiger partial charge in [-0.15, -0.1) is 0 Å². The van der Waals surface area contributed by atoms with E-state index in [2.05, 4.69) is 10.3 Å². The second-order valence-corrected chi connectivity index (χ2v) is 4.90. The normalized spacial score (nSPS) is 12.5. The van der Waals surface area contributed by atoms with Gasteiger partial charge < -0.3 is 15.0 Å². The Kier molecular flexibility index (Phi) is 5.30. The number of amides is 1. The molecule has 114 valence electrons. The molecule has 0 unspecified atom stereocenters. The summed E-state index contributed by atoms with van der Waals surface area (Å²) in [6, 6.07) is 7.24. The molecule has 0 saturated carbocycles. The van der Waals surface area contributed by atoms with Crippen LogP contribution in [0.3, 0.4) is 0 Å². The smallest absolute Gasteiger partial charge is 0.243 e. The number of fused-ring (bicyclic) bond motifs is 1. The van der Waals surface area contributed by atoms with E-state index in [0.717, 1.165) is 24.0 Å². The first-order valence-electron chi connectivity index (χ1n) is 7.23. The maximum absolute atomic E-state index is 11.8. The molecular weight excluding hydrogens is 268 g/mol. The lowest BCUT2D eigenvalue weighted by Crippen LogP contribution is -2.33. The SMILES string of the molecule is CCOCCCn1c(NC(=O)[C@H](C)N)nc2ccccc21. The highest BCUT2D eigenvalue weighted by Crippen LogP contribution is 2.20. The van der Waals surface area contributed by atoms with Crippen molar-refractivity contribution >= 4 is 22.9 Å². The van der Waals surface area contributed by atoms with Crippen LogP contribution in [-0.2, 0) is 16.1 Å². The zero-order chi connectivity index (χ0) is 15.2.